The van der Waals surface area contributed by atoms with Crippen LogP contribution in [-0.4, -0.2) is 57.0 Å². The molecule has 3 atom stereocenters. The topological polar surface area (TPSA) is 84.4 Å². The fourth-order valence-corrected chi connectivity index (χ4v) is 3.65. The summed E-state index contributed by atoms with van der Waals surface area (Å²) < 4.78 is 43.5. The number of ether oxygens (including phenoxy) is 1. The highest BCUT2D eigenvalue weighted by atomic mass is 32.2. The third kappa shape index (κ3) is 3.53. The van der Waals surface area contributed by atoms with E-state index in [0.717, 1.165) is 25.8 Å². The summed E-state index contributed by atoms with van der Waals surface area (Å²) in [5, 5.41) is 0. The largest absolute Gasteiger partial charge is 0.376 e. The summed E-state index contributed by atoms with van der Waals surface area (Å²) in [7, 11) is -3.20. The molecule has 0 spiro atoms. The van der Waals surface area contributed by atoms with E-state index < -0.39 is 15.8 Å². The Bertz CT molecular complexity index is 625. The summed E-state index contributed by atoms with van der Waals surface area (Å²) in [4.78, 5) is 10.0. The molecule has 1 N–H and O–H groups in total. The van der Waals surface area contributed by atoms with Gasteiger partial charge in [-0.05, 0) is 12.3 Å². The molecule has 0 aliphatic carbocycles. The van der Waals surface area contributed by atoms with Gasteiger partial charge < -0.3 is 9.64 Å². The smallest absolute Gasteiger partial charge is 0.225 e. The van der Waals surface area contributed by atoms with Crippen LogP contribution in [0.4, 0.5) is 10.3 Å². The van der Waals surface area contributed by atoms with Gasteiger partial charge in [0.05, 0.1) is 31.4 Å². The van der Waals surface area contributed by atoms with Gasteiger partial charge in [-0.3, -0.25) is 0 Å². The summed E-state index contributed by atoms with van der Waals surface area (Å²) in [6.45, 7) is 2.41. The minimum absolute atomic E-state index is 0.0870. The number of nitrogens with one attached hydrogen (secondary N) is 1. The number of rotatable bonds is 4. The van der Waals surface area contributed by atoms with Gasteiger partial charge in [0.1, 0.15) is 0 Å². The number of aromatic nitrogens is 2. The van der Waals surface area contributed by atoms with E-state index in [0.29, 0.717) is 30.9 Å². The van der Waals surface area contributed by atoms with E-state index in [2.05, 4.69) is 14.7 Å². The second-order valence-corrected chi connectivity index (χ2v) is 7.69. The standard InChI is InChI=1S/C13H19FN4O3S/c1-22(19,20)17-6-12-11-2-3-18(7-9(11)8-21-12)13-15-4-10(14)5-16-13/h4-5,9,11-12,17H,2-3,6-8H2,1H3/t9-,11-,12-/m1/s1. The van der Waals surface area contributed by atoms with Crippen LogP contribution in [0.15, 0.2) is 12.4 Å². The molecule has 3 heterocycles. The monoisotopic (exact) mass is 330 g/mol. The molecule has 9 heteroatoms. The Morgan fingerprint density at radius 1 is 1.45 bits per heavy atom. The van der Waals surface area contributed by atoms with Crippen LogP contribution in [0.1, 0.15) is 6.42 Å². The number of hydrogen-bond donors (Lipinski definition) is 1. The van der Waals surface area contributed by atoms with Crippen molar-refractivity contribution in [2.45, 2.75) is 12.5 Å². The first kappa shape index (κ1) is 15.6. The number of fused-ring (bicyclic) bond motifs is 1. The highest BCUT2D eigenvalue weighted by molar-refractivity contribution is 7.88. The maximum atomic E-state index is 12.9. The molecule has 22 heavy (non-hydrogen) atoms. The van der Waals surface area contributed by atoms with Gasteiger partial charge in [-0.1, -0.05) is 0 Å². The van der Waals surface area contributed by atoms with Crippen LogP contribution in [0.5, 0.6) is 0 Å². The Labute approximate surface area is 128 Å². The Morgan fingerprint density at radius 2 is 2.18 bits per heavy atom. The zero-order chi connectivity index (χ0) is 15.7. The lowest BCUT2D eigenvalue weighted by atomic mass is 9.84. The van der Waals surface area contributed by atoms with Crippen LogP contribution in [-0.2, 0) is 14.8 Å². The summed E-state index contributed by atoms with van der Waals surface area (Å²) >= 11 is 0. The van der Waals surface area contributed by atoms with Crippen molar-refractivity contribution < 1.29 is 17.5 Å². The molecule has 2 aliphatic rings. The van der Waals surface area contributed by atoms with Crippen molar-refractivity contribution in [3.63, 3.8) is 0 Å². The van der Waals surface area contributed by atoms with Crippen LogP contribution in [0, 0.1) is 17.7 Å². The Morgan fingerprint density at radius 3 is 2.86 bits per heavy atom. The van der Waals surface area contributed by atoms with Crippen molar-refractivity contribution in [2.24, 2.45) is 11.8 Å². The average molecular weight is 330 g/mol. The summed E-state index contributed by atoms with van der Waals surface area (Å²) in [5.41, 5.74) is 0. The molecule has 3 rings (SSSR count). The lowest BCUT2D eigenvalue weighted by Gasteiger charge is -2.35. The summed E-state index contributed by atoms with van der Waals surface area (Å²) in [5.74, 6) is 0.715. The van der Waals surface area contributed by atoms with E-state index in [9.17, 15) is 12.8 Å². The molecular formula is C13H19FN4O3S. The van der Waals surface area contributed by atoms with Crippen molar-refractivity contribution in [3.05, 3.63) is 18.2 Å². The third-order valence-electron chi connectivity index (χ3n) is 4.23. The lowest BCUT2D eigenvalue weighted by molar-refractivity contribution is 0.0930. The van der Waals surface area contributed by atoms with E-state index in [1.165, 1.54) is 12.4 Å². The molecule has 7 nitrogen and oxygen atoms in total. The first-order valence-corrected chi connectivity index (χ1v) is 9.10. The van der Waals surface area contributed by atoms with Gasteiger partial charge >= 0.3 is 0 Å². The van der Waals surface area contributed by atoms with E-state index in [4.69, 9.17) is 4.74 Å². The fraction of sp³-hybridized carbons (Fsp3) is 0.692. The van der Waals surface area contributed by atoms with Crippen LogP contribution in [0.25, 0.3) is 0 Å². The van der Waals surface area contributed by atoms with Crippen molar-refractivity contribution in [1.29, 1.82) is 0 Å². The summed E-state index contributed by atoms with van der Waals surface area (Å²) in [6.07, 6.45) is 4.27. The minimum Gasteiger partial charge on any atom is -0.376 e. The van der Waals surface area contributed by atoms with Crippen LogP contribution in [0.2, 0.25) is 0 Å². The van der Waals surface area contributed by atoms with Gasteiger partial charge in [-0.2, -0.15) is 0 Å². The molecule has 0 aromatic carbocycles. The first-order chi connectivity index (χ1) is 10.4. The molecule has 122 valence electrons. The normalized spacial score (nSPS) is 28.6. The molecule has 0 bridgehead atoms. The first-order valence-electron chi connectivity index (χ1n) is 7.21. The van der Waals surface area contributed by atoms with Crippen LogP contribution >= 0.6 is 0 Å². The highest BCUT2D eigenvalue weighted by Crippen LogP contribution is 2.35. The van der Waals surface area contributed by atoms with Crippen molar-refractivity contribution >= 4 is 16.0 Å². The van der Waals surface area contributed by atoms with Gasteiger partial charge in [0, 0.05) is 25.6 Å². The third-order valence-corrected chi connectivity index (χ3v) is 4.92. The fourth-order valence-electron chi connectivity index (χ4n) is 3.18. The molecule has 0 amide bonds. The Balaban J connectivity index is 1.60. The van der Waals surface area contributed by atoms with Crippen LogP contribution in [0.3, 0.4) is 0 Å². The molecule has 2 saturated heterocycles. The number of halogens is 1. The van der Waals surface area contributed by atoms with Gasteiger partial charge in [-0.25, -0.2) is 27.5 Å². The Hall–Kier alpha value is -1.32. The van der Waals surface area contributed by atoms with E-state index in [-0.39, 0.29) is 6.10 Å². The van der Waals surface area contributed by atoms with Crippen LogP contribution < -0.4 is 9.62 Å². The van der Waals surface area contributed by atoms with E-state index >= 15 is 0 Å². The van der Waals surface area contributed by atoms with E-state index in [1.54, 1.807) is 0 Å². The molecule has 2 fully saturated rings. The molecule has 1 aromatic heterocycles. The second kappa shape index (κ2) is 6.05. The number of piperidine rings is 1. The zero-order valence-corrected chi connectivity index (χ0v) is 13.1. The minimum atomic E-state index is -3.20. The SMILES string of the molecule is CS(=O)(=O)NC[C@H]1OC[C@H]2CN(c3ncc(F)cn3)CC[C@H]21. The predicted octanol–water partition coefficient (Wildman–Crippen LogP) is 0.00620. The van der Waals surface area contributed by atoms with Gasteiger partial charge in [0.2, 0.25) is 16.0 Å². The predicted molar refractivity (Wildman–Crippen MR) is 78.4 cm³/mol. The van der Waals surface area contributed by atoms with Crippen molar-refractivity contribution in [1.82, 2.24) is 14.7 Å². The molecule has 1 aromatic rings. The summed E-state index contributed by atoms with van der Waals surface area (Å²) in [6, 6.07) is 0. The van der Waals surface area contributed by atoms with Gasteiger partial charge in [0.15, 0.2) is 5.82 Å². The second-order valence-electron chi connectivity index (χ2n) is 5.85. The Kier molecular flexibility index (Phi) is 4.28. The van der Waals surface area contributed by atoms with Gasteiger partial charge in [-0.15, -0.1) is 0 Å². The number of hydrogen-bond acceptors (Lipinski definition) is 6. The zero-order valence-electron chi connectivity index (χ0n) is 12.3. The number of anilines is 1. The number of sulfonamides is 1. The van der Waals surface area contributed by atoms with Crippen molar-refractivity contribution in [2.75, 3.05) is 37.4 Å². The molecule has 0 radical (unpaired) electrons. The number of nitrogens with zero attached hydrogens (tertiary/aromatic N) is 3. The lowest BCUT2D eigenvalue weighted by Crippen LogP contribution is -2.44. The van der Waals surface area contributed by atoms with Gasteiger partial charge in [0.25, 0.3) is 0 Å². The average Bonchev–Trinajstić information content (AvgIpc) is 2.87. The molecule has 0 saturated carbocycles. The van der Waals surface area contributed by atoms with Crippen molar-refractivity contribution in [3.8, 4) is 0 Å². The quantitative estimate of drug-likeness (QED) is 0.837. The highest BCUT2D eigenvalue weighted by Gasteiger charge is 2.41. The van der Waals surface area contributed by atoms with E-state index in [1.807, 2.05) is 4.90 Å². The molecule has 0 unspecified atom stereocenters. The maximum absolute atomic E-state index is 12.9. The molecule has 2 aliphatic heterocycles. The maximum Gasteiger partial charge on any atom is 0.225 e. The molecular weight excluding hydrogens is 311 g/mol.